The maximum Gasteiger partial charge on any atom is 0.240 e. The Hall–Kier alpha value is -1.36. The average molecular weight is 252 g/mol. The first-order chi connectivity index (χ1) is 8.13. The van der Waals surface area contributed by atoms with Crippen molar-refractivity contribution in [3.8, 4) is 0 Å². The van der Waals surface area contributed by atoms with Gasteiger partial charge in [-0.15, -0.1) is 11.3 Å². The lowest BCUT2D eigenvalue weighted by molar-refractivity contribution is -0.136. The van der Waals surface area contributed by atoms with E-state index >= 15 is 0 Å². The van der Waals surface area contributed by atoms with E-state index in [1.165, 1.54) is 4.88 Å². The third-order valence-electron chi connectivity index (χ3n) is 3.20. The molecule has 2 heterocycles. The maximum atomic E-state index is 11.9. The number of nitrogens with two attached hydrogens (primary N) is 1. The fraction of sp³-hybridized carbons (Fsp3) is 0.500. The predicted molar refractivity (Wildman–Crippen MR) is 66.7 cm³/mol. The van der Waals surface area contributed by atoms with Gasteiger partial charge in [-0.3, -0.25) is 9.59 Å². The quantitative estimate of drug-likeness (QED) is 0.878. The molecule has 1 aliphatic rings. The van der Waals surface area contributed by atoms with Crippen molar-refractivity contribution >= 4 is 23.2 Å². The Labute approximate surface area is 104 Å². The number of rotatable bonds is 4. The summed E-state index contributed by atoms with van der Waals surface area (Å²) in [6.07, 6.45) is 1.07. The fourth-order valence-electron chi connectivity index (χ4n) is 2.32. The van der Waals surface area contributed by atoms with Gasteiger partial charge in [0, 0.05) is 23.8 Å². The second kappa shape index (κ2) is 4.87. The molecular formula is C12H16N2O2S. The number of hydrogen-bond donors (Lipinski definition) is 1. The van der Waals surface area contributed by atoms with Crippen LogP contribution in [-0.2, 0) is 9.59 Å². The fourth-order valence-corrected chi connectivity index (χ4v) is 3.14. The summed E-state index contributed by atoms with van der Waals surface area (Å²) in [5, 5.41) is 2.01. The number of amides is 2. The molecule has 0 bridgehead atoms. The molecule has 2 atom stereocenters. The molecule has 0 saturated carbocycles. The minimum Gasteiger partial charge on any atom is -0.368 e. The van der Waals surface area contributed by atoms with E-state index in [0.717, 1.165) is 0 Å². The van der Waals surface area contributed by atoms with Crippen LogP contribution in [0.25, 0.3) is 0 Å². The van der Waals surface area contributed by atoms with Crippen LogP contribution in [0.1, 0.15) is 30.6 Å². The number of nitrogens with zero attached hydrogens (tertiary/aromatic N) is 1. The van der Waals surface area contributed by atoms with E-state index in [-0.39, 0.29) is 11.8 Å². The molecule has 0 radical (unpaired) electrons. The summed E-state index contributed by atoms with van der Waals surface area (Å²) in [4.78, 5) is 26.0. The Morgan fingerprint density at radius 1 is 1.71 bits per heavy atom. The van der Waals surface area contributed by atoms with E-state index in [4.69, 9.17) is 5.73 Å². The zero-order chi connectivity index (χ0) is 12.4. The van der Waals surface area contributed by atoms with Crippen LogP contribution >= 0.6 is 11.3 Å². The zero-order valence-corrected chi connectivity index (χ0v) is 10.6. The van der Waals surface area contributed by atoms with Crippen LogP contribution in [0.5, 0.6) is 0 Å². The van der Waals surface area contributed by atoms with Crippen LogP contribution in [0.4, 0.5) is 0 Å². The SMILES string of the molecule is CCC(C(N)=O)N1CC(c2cccs2)CC1=O. The Bertz CT molecular complexity index is 416. The van der Waals surface area contributed by atoms with E-state index in [0.29, 0.717) is 19.4 Å². The van der Waals surface area contributed by atoms with Crippen molar-refractivity contribution < 1.29 is 9.59 Å². The van der Waals surface area contributed by atoms with Gasteiger partial charge in [0.05, 0.1) is 0 Å². The molecule has 1 saturated heterocycles. The van der Waals surface area contributed by atoms with Gasteiger partial charge in [0.25, 0.3) is 0 Å². The van der Waals surface area contributed by atoms with Gasteiger partial charge in [0.15, 0.2) is 0 Å². The van der Waals surface area contributed by atoms with Crippen molar-refractivity contribution in [3.63, 3.8) is 0 Å². The Kier molecular flexibility index (Phi) is 3.47. The highest BCUT2D eigenvalue weighted by Gasteiger charge is 2.36. The summed E-state index contributed by atoms with van der Waals surface area (Å²) in [5.74, 6) is -0.155. The minimum atomic E-state index is -0.451. The molecule has 1 aromatic rings. The number of carbonyl (C=O) groups is 2. The Balaban J connectivity index is 2.12. The van der Waals surface area contributed by atoms with Crippen LogP contribution in [0.15, 0.2) is 17.5 Å². The highest BCUT2D eigenvalue weighted by molar-refractivity contribution is 7.10. The molecule has 2 unspecified atom stereocenters. The van der Waals surface area contributed by atoms with Crippen molar-refractivity contribution in [2.24, 2.45) is 5.73 Å². The zero-order valence-electron chi connectivity index (χ0n) is 9.76. The van der Waals surface area contributed by atoms with Crippen molar-refractivity contribution in [3.05, 3.63) is 22.4 Å². The summed E-state index contributed by atoms with van der Waals surface area (Å²) in [6, 6.07) is 3.57. The molecule has 4 nitrogen and oxygen atoms in total. The average Bonchev–Trinajstić information content (AvgIpc) is 2.89. The van der Waals surface area contributed by atoms with Crippen LogP contribution in [0.2, 0.25) is 0 Å². The molecule has 0 aliphatic carbocycles. The standard InChI is InChI=1S/C12H16N2O2S/c1-2-9(12(13)16)14-7-8(6-11(14)15)10-4-3-5-17-10/h3-5,8-9H,2,6-7H2,1H3,(H2,13,16). The van der Waals surface area contributed by atoms with Crippen LogP contribution < -0.4 is 5.73 Å². The van der Waals surface area contributed by atoms with Gasteiger partial charge in [0.2, 0.25) is 11.8 Å². The second-order valence-electron chi connectivity index (χ2n) is 4.29. The predicted octanol–water partition coefficient (Wildman–Crippen LogP) is 1.33. The third-order valence-corrected chi connectivity index (χ3v) is 4.23. The van der Waals surface area contributed by atoms with Gasteiger partial charge in [-0.1, -0.05) is 13.0 Å². The number of carbonyl (C=O) groups excluding carboxylic acids is 2. The van der Waals surface area contributed by atoms with Gasteiger partial charge >= 0.3 is 0 Å². The normalized spacial score (nSPS) is 21.8. The topological polar surface area (TPSA) is 63.4 Å². The van der Waals surface area contributed by atoms with Crippen molar-refractivity contribution in [1.82, 2.24) is 4.90 Å². The molecule has 2 N–H and O–H groups in total. The van der Waals surface area contributed by atoms with Crippen LogP contribution in [-0.4, -0.2) is 29.3 Å². The number of thiophene rings is 1. The first kappa shape index (κ1) is 12.1. The number of likely N-dealkylation sites (tertiary alicyclic amines) is 1. The van der Waals surface area contributed by atoms with Crippen molar-refractivity contribution in [2.75, 3.05) is 6.54 Å². The second-order valence-corrected chi connectivity index (χ2v) is 5.27. The molecule has 1 aliphatic heterocycles. The monoisotopic (exact) mass is 252 g/mol. The lowest BCUT2D eigenvalue weighted by Crippen LogP contribution is -2.45. The van der Waals surface area contributed by atoms with Gasteiger partial charge in [-0.25, -0.2) is 0 Å². The third kappa shape index (κ3) is 2.34. The summed E-state index contributed by atoms with van der Waals surface area (Å²) in [6.45, 7) is 2.49. The molecule has 0 aromatic carbocycles. The molecule has 2 amide bonds. The highest BCUT2D eigenvalue weighted by Crippen LogP contribution is 2.32. The molecule has 1 aromatic heterocycles. The summed E-state index contributed by atoms with van der Waals surface area (Å²) in [5.41, 5.74) is 5.32. The summed E-state index contributed by atoms with van der Waals surface area (Å²) in [7, 11) is 0. The molecule has 0 spiro atoms. The lowest BCUT2D eigenvalue weighted by atomic mass is 10.1. The highest BCUT2D eigenvalue weighted by atomic mass is 32.1. The number of hydrogen-bond acceptors (Lipinski definition) is 3. The Morgan fingerprint density at radius 3 is 3.00 bits per heavy atom. The minimum absolute atomic E-state index is 0.0362. The summed E-state index contributed by atoms with van der Waals surface area (Å²) >= 11 is 1.66. The number of primary amides is 1. The molecule has 17 heavy (non-hydrogen) atoms. The maximum absolute atomic E-state index is 11.9. The van der Waals surface area contributed by atoms with Gasteiger partial charge in [0.1, 0.15) is 6.04 Å². The first-order valence-electron chi connectivity index (χ1n) is 5.75. The molecule has 2 rings (SSSR count). The van der Waals surface area contributed by atoms with E-state index in [1.807, 2.05) is 24.4 Å². The van der Waals surface area contributed by atoms with E-state index in [1.54, 1.807) is 16.2 Å². The van der Waals surface area contributed by atoms with Crippen LogP contribution in [0, 0.1) is 0 Å². The van der Waals surface area contributed by atoms with E-state index < -0.39 is 11.9 Å². The van der Waals surface area contributed by atoms with E-state index in [2.05, 4.69) is 0 Å². The van der Waals surface area contributed by atoms with Crippen LogP contribution in [0.3, 0.4) is 0 Å². The van der Waals surface area contributed by atoms with Crippen molar-refractivity contribution in [2.45, 2.75) is 31.7 Å². The smallest absolute Gasteiger partial charge is 0.240 e. The molecular weight excluding hydrogens is 236 g/mol. The van der Waals surface area contributed by atoms with Gasteiger partial charge in [-0.2, -0.15) is 0 Å². The first-order valence-corrected chi connectivity index (χ1v) is 6.63. The van der Waals surface area contributed by atoms with E-state index in [9.17, 15) is 9.59 Å². The molecule has 92 valence electrons. The van der Waals surface area contributed by atoms with Gasteiger partial charge in [-0.05, 0) is 17.9 Å². The lowest BCUT2D eigenvalue weighted by Gasteiger charge is -2.24. The molecule has 5 heteroatoms. The van der Waals surface area contributed by atoms with Crippen molar-refractivity contribution in [1.29, 1.82) is 0 Å². The summed E-state index contributed by atoms with van der Waals surface area (Å²) < 4.78 is 0. The Morgan fingerprint density at radius 2 is 2.47 bits per heavy atom. The largest absolute Gasteiger partial charge is 0.368 e. The van der Waals surface area contributed by atoms with Gasteiger partial charge < -0.3 is 10.6 Å². The molecule has 1 fully saturated rings.